The van der Waals surface area contributed by atoms with Crippen molar-refractivity contribution in [3.63, 3.8) is 0 Å². The number of nitrogens with zero attached hydrogens (tertiary/aromatic N) is 2. The van der Waals surface area contributed by atoms with E-state index in [-0.39, 0.29) is 23.8 Å². The highest BCUT2D eigenvalue weighted by Crippen LogP contribution is 2.40. The second-order valence-electron chi connectivity index (χ2n) is 22.4. The smallest absolute Gasteiger partial charge is 0.308 e. The largest absolute Gasteiger partial charge is 0.489 e. The zero-order valence-electron chi connectivity index (χ0n) is 42.7. The minimum absolute atomic E-state index is 0.0690. The molecule has 2 aromatic carbocycles. The molecule has 4 atom stereocenters. The molecular weight excluding hydrogens is 863 g/mol. The number of benzene rings is 2. The van der Waals surface area contributed by atoms with E-state index in [0.29, 0.717) is 41.1 Å². The van der Waals surface area contributed by atoms with Gasteiger partial charge in [0, 0.05) is 22.7 Å². The predicted octanol–water partition coefficient (Wildman–Crippen LogP) is 13.4. The zero-order chi connectivity index (χ0) is 49.6. The molecule has 0 radical (unpaired) electrons. The molecule has 0 saturated heterocycles. The van der Waals surface area contributed by atoms with Crippen LogP contribution in [0.15, 0.2) is 85.2 Å². The third-order valence-electron chi connectivity index (χ3n) is 15.2. The van der Waals surface area contributed by atoms with Gasteiger partial charge in [0.1, 0.15) is 17.8 Å². The Morgan fingerprint density at radius 3 is 1.65 bits per heavy atom. The maximum atomic E-state index is 11.2. The first-order valence-electron chi connectivity index (χ1n) is 26.0. The molecule has 4 fully saturated rings. The first-order valence-corrected chi connectivity index (χ1v) is 26.0. The first kappa shape index (κ1) is 53.3. The molecule has 69 heavy (non-hydrogen) atoms. The summed E-state index contributed by atoms with van der Waals surface area (Å²) in [4.78, 5) is 42.4. The number of carbonyl (C=O) groups excluding carboxylic acids is 2. The van der Waals surface area contributed by atoms with Gasteiger partial charge in [0.2, 0.25) is 0 Å². The third-order valence-corrected chi connectivity index (χ3v) is 15.2. The van der Waals surface area contributed by atoms with Gasteiger partial charge in [-0.1, -0.05) is 77.9 Å². The van der Waals surface area contributed by atoms with Gasteiger partial charge in [-0.3, -0.25) is 24.4 Å². The molecule has 2 aromatic heterocycles. The predicted molar refractivity (Wildman–Crippen MR) is 275 cm³/mol. The van der Waals surface area contributed by atoms with Crippen LogP contribution in [-0.2, 0) is 20.7 Å². The summed E-state index contributed by atoms with van der Waals surface area (Å²) in [5, 5.41) is 9.21. The Morgan fingerprint density at radius 2 is 1.20 bits per heavy atom. The second kappa shape index (κ2) is 25.2. The van der Waals surface area contributed by atoms with Gasteiger partial charge < -0.3 is 25.1 Å². The van der Waals surface area contributed by atoms with Crippen molar-refractivity contribution in [3.05, 3.63) is 96.3 Å². The average molecular weight is 944 g/mol. The van der Waals surface area contributed by atoms with Crippen LogP contribution >= 0.6 is 0 Å². The summed E-state index contributed by atoms with van der Waals surface area (Å²) in [5.41, 5.74) is 12.3. The van der Waals surface area contributed by atoms with E-state index >= 15 is 0 Å². The standard InChI is InChI=1S/C29H39NO3.C22H27NO2.C8H15NO2/c1-29(2,3)24-11-13-25(14-12-24)33-26-15-16-27(30-19-26)22-6-4-5-20(17-22)7-8-21-9-10-23(18-21)28(31)32;1-22(2,3)18-7-9-19(10-8-18)25-20-11-12-21(23-14-20)17-6-4-5-16(13-17)15-24;1-2-11-8(10)6-3-4-7(9)5-6/h4-6,15-17,19,21,23-25H,7-14,18H2,1-3H3,(H,31,32);4-6,11-15,18-19H,7-10H2,1-3H3;6-7H,2-5,9H2,1H3. The van der Waals surface area contributed by atoms with Crippen LogP contribution in [0.5, 0.6) is 11.5 Å². The van der Waals surface area contributed by atoms with Crippen LogP contribution in [0.2, 0.25) is 0 Å². The van der Waals surface area contributed by atoms with Gasteiger partial charge in [0.25, 0.3) is 0 Å². The summed E-state index contributed by atoms with van der Waals surface area (Å²) in [6.07, 6.45) is 22.0. The molecule has 4 aromatic rings. The summed E-state index contributed by atoms with van der Waals surface area (Å²) < 4.78 is 17.3. The van der Waals surface area contributed by atoms with E-state index < -0.39 is 5.97 Å². The fourth-order valence-corrected chi connectivity index (χ4v) is 10.8. The molecule has 0 bridgehead atoms. The number of hydrogen-bond donors (Lipinski definition) is 2. The topological polar surface area (TPSA) is 151 Å². The van der Waals surface area contributed by atoms with E-state index in [4.69, 9.17) is 19.9 Å². The lowest BCUT2D eigenvalue weighted by Gasteiger charge is -2.36. The number of hydrogen-bond acceptors (Lipinski definition) is 9. The second-order valence-corrected chi connectivity index (χ2v) is 22.4. The lowest BCUT2D eigenvalue weighted by atomic mass is 9.72. The van der Waals surface area contributed by atoms with E-state index in [1.165, 1.54) is 31.2 Å². The zero-order valence-corrected chi connectivity index (χ0v) is 42.7. The van der Waals surface area contributed by atoms with Gasteiger partial charge >= 0.3 is 11.9 Å². The summed E-state index contributed by atoms with van der Waals surface area (Å²) in [6.45, 7) is 16.3. The number of rotatable bonds is 13. The molecule has 4 unspecified atom stereocenters. The number of aliphatic carboxylic acids is 1. The molecule has 4 aliphatic carbocycles. The van der Waals surface area contributed by atoms with E-state index in [1.54, 1.807) is 12.3 Å². The molecule has 374 valence electrons. The SMILES string of the molecule is CC(C)(C)C1CCC(Oc2ccc(-c3cccc(C=O)c3)nc2)CC1.CC(C)(C)C1CCC(Oc2ccc(-c3cccc(CCC4CCC(C(=O)O)C4)c3)nc2)CC1.CCOC(=O)C1CCC(N)C1. The van der Waals surface area contributed by atoms with Gasteiger partial charge in [0.15, 0.2) is 0 Å². The van der Waals surface area contributed by atoms with Crippen molar-refractivity contribution < 1.29 is 33.7 Å². The van der Waals surface area contributed by atoms with E-state index in [2.05, 4.69) is 87.9 Å². The van der Waals surface area contributed by atoms with Crippen molar-refractivity contribution >= 4 is 18.2 Å². The Bertz CT molecular complexity index is 2210. The number of carbonyl (C=O) groups is 3. The third kappa shape index (κ3) is 16.5. The Kier molecular flexibility index (Phi) is 19.4. The van der Waals surface area contributed by atoms with Crippen molar-refractivity contribution in [3.8, 4) is 34.0 Å². The molecule has 4 aliphatic rings. The van der Waals surface area contributed by atoms with Crippen LogP contribution in [-0.4, -0.2) is 58.2 Å². The van der Waals surface area contributed by atoms with Crippen LogP contribution in [0.1, 0.15) is 161 Å². The maximum absolute atomic E-state index is 11.2. The monoisotopic (exact) mass is 944 g/mol. The van der Waals surface area contributed by atoms with Crippen LogP contribution in [0, 0.1) is 40.4 Å². The van der Waals surface area contributed by atoms with Crippen LogP contribution in [0.25, 0.3) is 22.5 Å². The Hall–Kier alpha value is -5.09. The van der Waals surface area contributed by atoms with Gasteiger partial charge in [-0.2, -0.15) is 0 Å². The number of pyridine rings is 2. The fraction of sp³-hybridized carbons (Fsp3) is 0.576. The van der Waals surface area contributed by atoms with Crippen molar-refractivity contribution in [2.45, 2.75) is 169 Å². The normalized spacial score (nSPS) is 24.7. The van der Waals surface area contributed by atoms with E-state index in [0.717, 1.165) is 129 Å². The number of carboxylic acids is 1. The minimum Gasteiger partial charge on any atom is -0.489 e. The Morgan fingerprint density at radius 1 is 0.667 bits per heavy atom. The van der Waals surface area contributed by atoms with Crippen LogP contribution < -0.4 is 15.2 Å². The molecule has 10 nitrogen and oxygen atoms in total. The quantitative estimate of drug-likeness (QED) is 0.0979. The number of aldehydes is 1. The number of carboxylic acid groups (broad SMARTS) is 1. The summed E-state index contributed by atoms with van der Waals surface area (Å²) in [7, 11) is 0. The van der Waals surface area contributed by atoms with Gasteiger partial charge in [0.05, 0.1) is 54.4 Å². The Labute approximate surface area is 412 Å². The number of aromatic nitrogens is 2. The van der Waals surface area contributed by atoms with Gasteiger partial charge in [-0.25, -0.2) is 0 Å². The highest BCUT2D eigenvalue weighted by molar-refractivity contribution is 5.78. The number of ether oxygens (including phenoxy) is 3. The molecule has 10 heteroatoms. The Balaban J connectivity index is 0.000000191. The highest BCUT2D eigenvalue weighted by Gasteiger charge is 2.33. The van der Waals surface area contributed by atoms with E-state index in [9.17, 15) is 19.5 Å². The molecule has 0 spiro atoms. The van der Waals surface area contributed by atoms with Crippen molar-refractivity contribution in [1.29, 1.82) is 0 Å². The first-order chi connectivity index (χ1) is 33.0. The molecule has 4 saturated carbocycles. The van der Waals surface area contributed by atoms with Crippen molar-refractivity contribution in [2.75, 3.05) is 6.61 Å². The highest BCUT2D eigenvalue weighted by atomic mass is 16.5. The summed E-state index contributed by atoms with van der Waals surface area (Å²) in [6, 6.07) is 24.3. The molecule has 8 rings (SSSR count). The molecular formula is C59H81N3O7. The lowest BCUT2D eigenvalue weighted by Crippen LogP contribution is -2.30. The number of nitrogens with two attached hydrogens (primary N) is 1. The molecule has 0 aliphatic heterocycles. The van der Waals surface area contributed by atoms with Crippen LogP contribution in [0.3, 0.4) is 0 Å². The maximum Gasteiger partial charge on any atom is 0.308 e. The van der Waals surface area contributed by atoms with Gasteiger partial charge in [-0.15, -0.1) is 0 Å². The summed E-state index contributed by atoms with van der Waals surface area (Å²) in [5.74, 6) is 3.04. The fourth-order valence-electron chi connectivity index (χ4n) is 10.8. The number of aryl methyl sites for hydroxylation is 1. The van der Waals surface area contributed by atoms with Gasteiger partial charge in [-0.05, 0) is 180 Å². The molecule has 2 heterocycles. The van der Waals surface area contributed by atoms with Crippen LogP contribution in [0.4, 0.5) is 0 Å². The minimum atomic E-state index is -0.629. The lowest BCUT2D eigenvalue weighted by molar-refractivity contribution is -0.147. The number of esters is 1. The average Bonchev–Trinajstić information content (AvgIpc) is 4.02. The van der Waals surface area contributed by atoms with Crippen molar-refractivity contribution in [1.82, 2.24) is 9.97 Å². The molecule has 0 amide bonds. The van der Waals surface area contributed by atoms with Crippen molar-refractivity contribution in [2.24, 2.45) is 46.2 Å². The summed E-state index contributed by atoms with van der Waals surface area (Å²) >= 11 is 0. The molecule has 3 N–H and O–H groups in total. The van der Waals surface area contributed by atoms with E-state index in [1.807, 2.05) is 43.5 Å².